The molecule has 16 heavy (non-hydrogen) atoms. The quantitative estimate of drug-likeness (QED) is 0.807. The van der Waals surface area contributed by atoms with Crippen molar-refractivity contribution in [2.75, 3.05) is 11.9 Å². The Balaban J connectivity index is 1.90. The fourth-order valence-electron chi connectivity index (χ4n) is 1.41. The van der Waals surface area contributed by atoms with Gasteiger partial charge in [-0.3, -0.25) is 4.79 Å². The van der Waals surface area contributed by atoms with Crippen LogP contribution in [0.2, 0.25) is 0 Å². The fraction of sp³-hybridized carbons (Fsp3) is 0.273. The molecule has 3 nitrogen and oxygen atoms in total. The van der Waals surface area contributed by atoms with Crippen molar-refractivity contribution in [2.24, 2.45) is 0 Å². The van der Waals surface area contributed by atoms with Crippen LogP contribution in [0.1, 0.15) is 5.56 Å². The zero-order chi connectivity index (χ0) is 11.5. The highest BCUT2D eigenvalue weighted by molar-refractivity contribution is 8.24. The summed E-state index contributed by atoms with van der Waals surface area (Å²) in [7, 11) is 0. The lowest BCUT2D eigenvalue weighted by atomic mass is 10.2. The van der Waals surface area contributed by atoms with Crippen molar-refractivity contribution in [3.05, 3.63) is 29.8 Å². The minimum Gasteiger partial charge on any atom is -0.383 e. The number of nitrogens with one attached hydrogen (secondary N) is 2. The maximum atomic E-state index is 11.4. The Labute approximate surface area is 104 Å². The number of hydrogen-bond donors (Lipinski definition) is 2. The Morgan fingerprint density at radius 1 is 1.44 bits per heavy atom. The molecule has 1 saturated heterocycles. The monoisotopic (exact) mass is 252 g/mol. The van der Waals surface area contributed by atoms with Gasteiger partial charge in [0.2, 0.25) is 5.91 Å². The van der Waals surface area contributed by atoms with Crippen LogP contribution in [0.25, 0.3) is 0 Å². The average Bonchev–Trinajstić information content (AvgIpc) is 2.57. The van der Waals surface area contributed by atoms with Crippen LogP contribution in [0.3, 0.4) is 0 Å². The molecule has 0 spiro atoms. The van der Waals surface area contributed by atoms with Crippen LogP contribution >= 0.6 is 24.0 Å². The highest BCUT2D eigenvalue weighted by Crippen LogP contribution is 2.20. The Bertz CT molecular complexity index is 416. The van der Waals surface area contributed by atoms with E-state index in [2.05, 4.69) is 10.6 Å². The Hall–Kier alpha value is -1.07. The normalized spacial score (nSPS) is 19.7. The fourth-order valence-corrected chi connectivity index (χ4v) is 2.61. The first-order valence-electron chi connectivity index (χ1n) is 4.97. The standard InChI is InChI=1S/C11H12N2OS2/c1-7-2-4-8(5-3-7)12-6-9-10(14)13-11(15)16-9/h2-5,9,12H,6H2,1H3,(H,13,14,15). The molecule has 0 aromatic heterocycles. The lowest BCUT2D eigenvalue weighted by molar-refractivity contribution is -0.118. The van der Waals surface area contributed by atoms with Crippen molar-refractivity contribution < 1.29 is 4.79 Å². The zero-order valence-electron chi connectivity index (χ0n) is 8.82. The van der Waals surface area contributed by atoms with Gasteiger partial charge in [-0.15, -0.1) is 0 Å². The van der Waals surface area contributed by atoms with Crippen LogP contribution in [0.15, 0.2) is 24.3 Å². The van der Waals surface area contributed by atoms with E-state index in [1.54, 1.807) is 0 Å². The molecule has 1 amide bonds. The number of anilines is 1. The molecule has 84 valence electrons. The average molecular weight is 252 g/mol. The number of hydrogen-bond acceptors (Lipinski definition) is 4. The van der Waals surface area contributed by atoms with Crippen LogP contribution in [0, 0.1) is 6.92 Å². The largest absolute Gasteiger partial charge is 0.383 e. The van der Waals surface area contributed by atoms with Gasteiger partial charge in [0.25, 0.3) is 0 Å². The molecular weight excluding hydrogens is 240 g/mol. The molecule has 2 N–H and O–H groups in total. The van der Waals surface area contributed by atoms with Gasteiger partial charge >= 0.3 is 0 Å². The van der Waals surface area contributed by atoms with E-state index in [4.69, 9.17) is 12.2 Å². The smallest absolute Gasteiger partial charge is 0.240 e. The van der Waals surface area contributed by atoms with Gasteiger partial charge in [0.15, 0.2) is 0 Å². The van der Waals surface area contributed by atoms with E-state index in [0.717, 1.165) is 5.69 Å². The highest BCUT2D eigenvalue weighted by Gasteiger charge is 2.28. The topological polar surface area (TPSA) is 41.1 Å². The van der Waals surface area contributed by atoms with E-state index in [9.17, 15) is 4.79 Å². The molecule has 1 unspecified atom stereocenters. The molecule has 1 aliphatic heterocycles. The van der Waals surface area contributed by atoms with E-state index in [-0.39, 0.29) is 11.2 Å². The van der Waals surface area contributed by atoms with Gasteiger partial charge in [-0.25, -0.2) is 0 Å². The Kier molecular flexibility index (Phi) is 3.46. The Morgan fingerprint density at radius 2 is 2.12 bits per heavy atom. The van der Waals surface area contributed by atoms with Crippen LogP contribution in [0.5, 0.6) is 0 Å². The van der Waals surface area contributed by atoms with Gasteiger partial charge < -0.3 is 10.6 Å². The number of benzene rings is 1. The second-order valence-corrected chi connectivity index (χ2v) is 5.51. The molecule has 1 fully saturated rings. The molecular formula is C11H12N2OS2. The molecule has 0 aliphatic carbocycles. The highest BCUT2D eigenvalue weighted by atomic mass is 32.2. The summed E-state index contributed by atoms with van der Waals surface area (Å²) in [5.41, 5.74) is 2.25. The lowest BCUT2D eigenvalue weighted by Crippen LogP contribution is -2.28. The summed E-state index contributed by atoms with van der Waals surface area (Å²) in [6.45, 7) is 2.64. The summed E-state index contributed by atoms with van der Waals surface area (Å²) >= 11 is 6.33. The number of carbonyl (C=O) groups excluding carboxylic acids is 1. The van der Waals surface area contributed by atoms with Gasteiger partial charge in [-0.1, -0.05) is 41.7 Å². The summed E-state index contributed by atoms with van der Waals surface area (Å²) in [6.07, 6.45) is 0. The van der Waals surface area contributed by atoms with E-state index in [0.29, 0.717) is 10.9 Å². The third kappa shape index (κ3) is 2.74. The molecule has 1 aliphatic rings. The van der Waals surface area contributed by atoms with Gasteiger partial charge in [0.1, 0.15) is 9.57 Å². The van der Waals surface area contributed by atoms with Crippen molar-refractivity contribution in [1.29, 1.82) is 0 Å². The summed E-state index contributed by atoms with van der Waals surface area (Å²) in [4.78, 5) is 11.4. The summed E-state index contributed by atoms with van der Waals surface area (Å²) in [5.74, 6) is -0.00499. The minimum absolute atomic E-state index is 0.00499. The third-order valence-electron chi connectivity index (χ3n) is 2.31. The first-order valence-corrected chi connectivity index (χ1v) is 6.26. The first-order chi connectivity index (χ1) is 7.65. The van der Waals surface area contributed by atoms with Crippen LogP contribution in [0.4, 0.5) is 5.69 Å². The maximum absolute atomic E-state index is 11.4. The summed E-state index contributed by atoms with van der Waals surface area (Å²) in [5, 5.41) is 5.73. The predicted molar refractivity (Wildman–Crippen MR) is 71.8 cm³/mol. The van der Waals surface area contributed by atoms with Gasteiger partial charge in [0, 0.05) is 12.2 Å². The van der Waals surface area contributed by atoms with Crippen LogP contribution in [-0.4, -0.2) is 22.0 Å². The summed E-state index contributed by atoms with van der Waals surface area (Å²) < 4.78 is 0.570. The molecule has 1 aromatic carbocycles. The number of aryl methyl sites for hydroxylation is 1. The molecule has 0 radical (unpaired) electrons. The van der Waals surface area contributed by atoms with Gasteiger partial charge in [-0.2, -0.15) is 0 Å². The number of carbonyl (C=O) groups is 1. The molecule has 2 rings (SSSR count). The minimum atomic E-state index is -0.117. The number of rotatable bonds is 3. The van der Waals surface area contributed by atoms with E-state index >= 15 is 0 Å². The van der Waals surface area contributed by atoms with Crippen LogP contribution in [-0.2, 0) is 4.79 Å². The van der Waals surface area contributed by atoms with Crippen molar-refractivity contribution in [3.8, 4) is 0 Å². The molecule has 5 heteroatoms. The number of thioether (sulfide) groups is 1. The molecule has 1 heterocycles. The van der Waals surface area contributed by atoms with Crippen molar-refractivity contribution in [2.45, 2.75) is 12.2 Å². The maximum Gasteiger partial charge on any atom is 0.240 e. The van der Waals surface area contributed by atoms with Crippen LogP contribution < -0.4 is 10.6 Å². The van der Waals surface area contributed by atoms with E-state index in [1.165, 1.54) is 17.3 Å². The van der Waals surface area contributed by atoms with Gasteiger partial charge in [-0.05, 0) is 19.1 Å². The zero-order valence-corrected chi connectivity index (χ0v) is 10.5. The second-order valence-electron chi connectivity index (χ2n) is 3.63. The van der Waals surface area contributed by atoms with Crippen molar-refractivity contribution in [3.63, 3.8) is 0 Å². The van der Waals surface area contributed by atoms with Crippen molar-refractivity contribution in [1.82, 2.24) is 5.32 Å². The van der Waals surface area contributed by atoms with E-state index in [1.807, 2.05) is 31.2 Å². The lowest BCUT2D eigenvalue weighted by Gasteiger charge is -2.09. The van der Waals surface area contributed by atoms with Crippen molar-refractivity contribution >= 4 is 39.9 Å². The number of amides is 1. The molecule has 1 atom stereocenters. The third-order valence-corrected chi connectivity index (χ3v) is 3.68. The second kappa shape index (κ2) is 4.84. The first kappa shape index (κ1) is 11.4. The SMILES string of the molecule is Cc1ccc(NCC2SC(=S)NC2=O)cc1. The molecule has 1 aromatic rings. The molecule has 0 saturated carbocycles. The van der Waals surface area contributed by atoms with E-state index < -0.39 is 0 Å². The van der Waals surface area contributed by atoms with Gasteiger partial charge in [0.05, 0.1) is 0 Å². The number of thiocarbonyl (C=S) groups is 1. The molecule has 0 bridgehead atoms. The Morgan fingerprint density at radius 3 is 2.69 bits per heavy atom. The summed E-state index contributed by atoms with van der Waals surface area (Å²) in [6, 6.07) is 8.08. The predicted octanol–water partition coefficient (Wildman–Crippen LogP) is 1.92.